The summed E-state index contributed by atoms with van der Waals surface area (Å²) in [7, 11) is 4.06. The van der Waals surface area contributed by atoms with Gasteiger partial charge in [-0.3, -0.25) is 0 Å². The molecule has 0 spiro atoms. The van der Waals surface area contributed by atoms with Gasteiger partial charge in [0.2, 0.25) is 0 Å². The van der Waals surface area contributed by atoms with Crippen molar-refractivity contribution in [3.05, 3.63) is 16.2 Å². The molecule has 1 aromatic heterocycles. The molecule has 0 radical (unpaired) electrons. The molecule has 96 valence electrons. The average Bonchev–Trinajstić information content (AvgIpc) is 2.52. The predicted molar refractivity (Wildman–Crippen MR) is 63.3 cm³/mol. The molecule has 1 aromatic rings. The van der Waals surface area contributed by atoms with Gasteiger partial charge in [-0.1, -0.05) is 25.7 Å². The van der Waals surface area contributed by atoms with Crippen molar-refractivity contribution in [2.45, 2.75) is 44.6 Å². The minimum Gasteiger partial charge on any atom is -0.328 e. The molecule has 0 unspecified atom stereocenters. The van der Waals surface area contributed by atoms with Gasteiger partial charge in [-0.2, -0.15) is 0 Å². The van der Waals surface area contributed by atoms with E-state index in [-0.39, 0.29) is 0 Å². The first kappa shape index (κ1) is 13.9. The van der Waals surface area contributed by atoms with Gasteiger partial charge in [-0.05, 0) is 12.8 Å². The van der Waals surface area contributed by atoms with Crippen LogP contribution in [0.15, 0.2) is 12.4 Å². The van der Waals surface area contributed by atoms with Crippen LogP contribution in [0, 0.1) is 3.80 Å². The number of aromatic nitrogens is 2. The van der Waals surface area contributed by atoms with E-state index in [1.165, 1.54) is 42.3 Å². The smallest absolute Gasteiger partial charge is 0.00388 e. The number of rotatable bonds is 0. The van der Waals surface area contributed by atoms with Crippen molar-refractivity contribution in [2.24, 2.45) is 19.8 Å². The van der Waals surface area contributed by atoms with Crippen molar-refractivity contribution < 1.29 is 19.4 Å². The Labute approximate surface area is 109 Å². The van der Waals surface area contributed by atoms with E-state index in [9.17, 15) is 0 Å². The Balaban J connectivity index is 0.000000160. The van der Waals surface area contributed by atoms with Crippen LogP contribution in [0.5, 0.6) is 0 Å². The van der Waals surface area contributed by atoms with E-state index < -0.39 is 0 Å². The Morgan fingerprint density at radius 2 is 1.50 bits per heavy atom. The Morgan fingerprint density at radius 3 is 1.81 bits per heavy atom. The van der Waals surface area contributed by atoms with Gasteiger partial charge in [-0.15, -0.1) is 0 Å². The molecule has 4 heteroatoms. The maximum atomic E-state index is 5.73. The first-order valence-corrected chi connectivity index (χ1v) is 7.14. The van der Waals surface area contributed by atoms with Gasteiger partial charge in [0.1, 0.15) is 0 Å². The summed E-state index contributed by atoms with van der Waals surface area (Å²) in [6.07, 6.45) is 12.1. The fourth-order valence-electron chi connectivity index (χ4n) is 1.87. The third-order valence-corrected chi connectivity index (χ3v) is 4.56. The second-order valence-electron chi connectivity index (χ2n) is 4.51. The number of hydrogen-bond donors (Lipinski definition) is 1. The van der Waals surface area contributed by atoms with Crippen LogP contribution in [0.1, 0.15) is 38.5 Å². The summed E-state index contributed by atoms with van der Waals surface area (Å²) in [5.41, 5.74) is 5.73. The van der Waals surface area contributed by atoms with Crippen molar-refractivity contribution in [1.29, 1.82) is 0 Å². The van der Waals surface area contributed by atoms with Crippen LogP contribution in [-0.4, -0.2) is 15.2 Å². The Morgan fingerprint density at radius 1 is 1.06 bits per heavy atom. The Bertz CT molecular complexity index is 323. The molecule has 0 amide bonds. The fraction of sp³-hybridized carbons (Fsp3) is 0.750. The second kappa shape index (κ2) is 7.24. The molecular weight excluding hydrogens is 381 g/mol. The standard InChI is InChI=1S/C7H15N.C5H8N2.Pt/c8-7-5-3-1-2-4-6-7;1-6-3-4-7(2)5-6;/h7H,1-6,8H2;3-4H,1-2H3;. The number of nitrogens with zero attached hydrogens (tertiary/aromatic N) is 2. The minimum atomic E-state index is 0.525. The average molecular weight is 404 g/mol. The summed E-state index contributed by atoms with van der Waals surface area (Å²) in [6, 6.07) is 0.525. The van der Waals surface area contributed by atoms with Crippen LogP contribution in [-0.2, 0) is 33.4 Å². The SMILES string of the molecule is Cn1ccn(C)[c]1=[Pt].NC1CCCCCC1. The van der Waals surface area contributed by atoms with Crippen molar-refractivity contribution in [3.63, 3.8) is 0 Å². The molecule has 0 saturated heterocycles. The van der Waals surface area contributed by atoms with E-state index in [4.69, 9.17) is 5.73 Å². The van der Waals surface area contributed by atoms with Crippen LogP contribution >= 0.6 is 0 Å². The summed E-state index contributed by atoms with van der Waals surface area (Å²) >= 11 is 2.27. The van der Waals surface area contributed by atoms with E-state index in [2.05, 4.69) is 28.5 Å². The summed E-state index contributed by atoms with van der Waals surface area (Å²) in [5.74, 6) is 0. The molecule has 1 aliphatic carbocycles. The van der Waals surface area contributed by atoms with Gasteiger partial charge in [0.25, 0.3) is 0 Å². The minimum absolute atomic E-state index is 0.525. The maximum absolute atomic E-state index is 5.73. The van der Waals surface area contributed by atoms with E-state index in [0.29, 0.717) is 6.04 Å². The third-order valence-electron chi connectivity index (χ3n) is 2.95. The molecule has 0 bridgehead atoms. The Hall–Kier alpha value is -0.142. The zero-order chi connectivity index (χ0) is 12.0. The van der Waals surface area contributed by atoms with Crippen LogP contribution in [0.4, 0.5) is 0 Å². The molecule has 1 heterocycles. The van der Waals surface area contributed by atoms with E-state index in [1.807, 2.05) is 26.5 Å². The molecular formula is C12H23N3Pt. The van der Waals surface area contributed by atoms with Crippen molar-refractivity contribution in [1.82, 2.24) is 9.13 Å². The topological polar surface area (TPSA) is 35.9 Å². The summed E-state index contributed by atoms with van der Waals surface area (Å²) in [4.78, 5) is 0. The monoisotopic (exact) mass is 404 g/mol. The fourth-order valence-corrected chi connectivity index (χ4v) is 2.21. The van der Waals surface area contributed by atoms with Crippen molar-refractivity contribution >= 4 is 0 Å². The molecule has 0 aromatic carbocycles. The zero-order valence-corrected chi connectivity index (χ0v) is 12.5. The molecule has 3 nitrogen and oxygen atoms in total. The molecule has 0 atom stereocenters. The van der Waals surface area contributed by atoms with Crippen LogP contribution in [0.2, 0.25) is 0 Å². The molecule has 16 heavy (non-hydrogen) atoms. The maximum Gasteiger partial charge on any atom is 0.00388 e. The third kappa shape index (κ3) is 4.80. The molecule has 1 fully saturated rings. The molecule has 2 N–H and O–H groups in total. The predicted octanol–water partition coefficient (Wildman–Crippen LogP) is 2.11. The number of aryl methyl sites for hydroxylation is 2. The van der Waals surface area contributed by atoms with E-state index >= 15 is 0 Å². The van der Waals surface area contributed by atoms with E-state index in [1.54, 1.807) is 0 Å². The first-order valence-electron chi connectivity index (χ1n) is 6.00. The second-order valence-corrected chi connectivity index (χ2v) is 5.53. The summed E-state index contributed by atoms with van der Waals surface area (Å²) < 4.78 is 5.38. The molecule has 1 aliphatic rings. The van der Waals surface area contributed by atoms with Gasteiger partial charge in [-0.25, -0.2) is 0 Å². The zero-order valence-electron chi connectivity index (χ0n) is 10.3. The molecule has 1 saturated carbocycles. The first-order chi connectivity index (χ1) is 7.61. The number of hydrogen-bond acceptors (Lipinski definition) is 1. The van der Waals surface area contributed by atoms with Crippen LogP contribution in [0.3, 0.4) is 0 Å². The number of imidazole rings is 1. The largest absolute Gasteiger partial charge is 0.328 e. The quantitative estimate of drug-likeness (QED) is 0.661. The molecule has 2 rings (SSSR count). The Kier molecular flexibility index (Phi) is 6.30. The van der Waals surface area contributed by atoms with Gasteiger partial charge in [0.05, 0.1) is 0 Å². The van der Waals surface area contributed by atoms with Crippen molar-refractivity contribution in [2.75, 3.05) is 0 Å². The number of nitrogens with two attached hydrogens (primary N) is 1. The van der Waals surface area contributed by atoms with Gasteiger partial charge in [0, 0.05) is 6.04 Å². The van der Waals surface area contributed by atoms with Gasteiger partial charge >= 0.3 is 58.8 Å². The van der Waals surface area contributed by atoms with Gasteiger partial charge in [0.15, 0.2) is 0 Å². The van der Waals surface area contributed by atoms with Gasteiger partial charge < -0.3 is 5.73 Å². The summed E-state index contributed by atoms with van der Waals surface area (Å²) in [6.45, 7) is 0. The van der Waals surface area contributed by atoms with E-state index in [0.717, 1.165) is 0 Å². The molecule has 0 aliphatic heterocycles. The summed E-state index contributed by atoms with van der Waals surface area (Å²) in [5, 5.41) is 0. The van der Waals surface area contributed by atoms with Crippen LogP contribution in [0.25, 0.3) is 0 Å². The normalized spacial score (nSPS) is 17.6. The van der Waals surface area contributed by atoms with Crippen LogP contribution < -0.4 is 5.73 Å². The van der Waals surface area contributed by atoms with Crippen molar-refractivity contribution in [3.8, 4) is 0 Å².